The van der Waals surface area contributed by atoms with E-state index in [4.69, 9.17) is 0 Å². The first-order valence-corrected chi connectivity index (χ1v) is 7.15. The van der Waals surface area contributed by atoms with Crippen LogP contribution in [-0.2, 0) is 0 Å². The van der Waals surface area contributed by atoms with Crippen LogP contribution in [0.25, 0.3) is 0 Å². The Morgan fingerprint density at radius 3 is 2.00 bits per heavy atom. The number of hydrogen-bond donors (Lipinski definition) is 0. The molecule has 0 aromatic carbocycles. The summed E-state index contributed by atoms with van der Waals surface area (Å²) in [6, 6.07) is 0. The fourth-order valence-corrected chi connectivity index (χ4v) is 1.72. The predicted octanol–water partition coefficient (Wildman–Crippen LogP) is 4.84. The van der Waals surface area contributed by atoms with Gasteiger partial charge in [0.2, 0.25) is 0 Å². The zero-order valence-electron chi connectivity index (χ0n) is 9.77. The Labute approximate surface area is 94.2 Å². The molecule has 0 radical (unpaired) electrons. The maximum atomic E-state index is 3.16. The molecule has 0 amide bonds. The molecule has 0 nitrogen and oxygen atoms in total. The number of rotatable bonds is 8. The van der Waals surface area contributed by atoms with E-state index < -0.39 is 0 Å². The van der Waals surface area contributed by atoms with Gasteiger partial charge < -0.3 is 0 Å². The molecule has 0 aliphatic heterocycles. The van der Waals surface area contributed by atoms with Gasteiger partial charge in [-0.2, -0.15) is 0 Å². The van der Waals surface area contributed by atoms with Gasteiger partial charge in [-0.25, -0.2) is 0 Å². The van der Waals surface area contributed by atoms with Crippen LogP contribution < -0.4 is 0 Å². The lowest BCUT2D eigenvalue weighted by Gasteiger charge is -1.98. The Morgan fingerprint density at radius 1 is 0.857 bits per heavy atom. The van der Waals surface area contributed by atoms with Gasteiger partial charge in [0.1, 0.15) is 0 Å². The first kappa shape index (κ1) is 13.9. The van der Waals surface area contributed by atoms with Crippen LogP contribution in [0.15, 0.2) is 0 Å². The van der Waals surface area contributed by atoms with Gasteiger partial charge in [-0.05, 0) is 17.9 Å². The molecule has 0 saturated heterocycles. The molecular weight excluding hydrogens is 188 g/mol. The highest BCUT2D eigenvalue weighted by Gasteiger charge is 1.89. The van der Waals surface area contributed by atoms with Crippen LogP contribution in [0.5, 0.6) is 0 Å². The molecule has 0 aliphatic rings. The molecule has 82 valence electrons. The third-order valence-electron chi connectivity index (χ3n) is 2.33. The van der Waals surface area contributed by atoms with E-state index in [9.17, 15) is 0 Å². The Balaban J connectivity index is 2.92. The van der Waals surface area contributed by atoms with Crippen LogP contribution in [0.4, 0.5) is 0 Å². The number of hydrogen-bond acceptors (Lipinski definition) is 1. The van der Waals surface area contributed by atoms with Gasteiger partial charge in [0.25, 0.3) is 0 Å². The summed E-state index contributed by atoms with van der Waals surface area (Å²) in [7, 11) is 0. The summed E-state index contributed by atoms with van der Waals surface area (Å²) >= 11 is 1.62. The Hall–Kier alpha value is -0.0900. The van der Waals surface area contributed by atoms with E-state index >= 15 is 0 Å². The molecular formula is C13H24S. The monoisotopic (exact) mass is 212 g/mol. The highest BCUT2D eigenvalue weighted by atomic mass is 32.2. The minimum absolute atomic E-state index is 1.09. The summed E-state index contributed by atoms with van der Waals surface area (Å²) in [4.78, 5) is 0. The van der Waals surface area contributed by atoms with Crippen molar-refractivity contribution in [2.24, 2.45) is 0 Å². The SMILES string of the molecule is CCCCCCCCCCC#CSC. The van der Waals surface area contributed by atoms with Gasteiger partial charge in [0.05, 0.1) is 0 Å². The molecule has 0 rings (SSSR count). The lowest BCUT2D eigenvalue weighted by Crippen LogP contribution is -1.79. The first-order valence-electron chi connectivity index (χ1n) is 5.92. The largest absolute Gasteiger partial charge is 0.0913 e. The van der Waals surface area contributed by atoms with Crippen LogP contribution in [0.3, 0.4) is 0 Å². The van der Waals surface area contributed by atoms with Crippen molar-refractivity contribution in [2.45, 2.75) is 64.7 Å². The van der Waals surface area contributed by atoms with Crippen molar-refractivity contribution in [3.63, 3.8) is 0 Å². The maximum absolute atomic E-state index is 3.16. The summed E-state index contributed by atoms with van der Waals surface area (Å²) in [5.41, 5.74) is 0. The molecule has 0 spiro atoms. The van der Waals surface area contributed by atoms with Crippen LogP contribution in [0, 0.1) is 11.2 Å². The third kappa shape index (κ3) is 11.9. The molecule has 0 aliphatic carbocycles. The lowest BCUT2D eigenvalue weighted by molar-refractivity contribution is 0.579. The van der Waals surface area contributed by atoms with Crippen molar-refractivity contribution in [1.82, 2.24) is 0 Å². The molecule has 0 heterocycles. The number of unbranched alkanes of at least 4 members (excludes halogenated alkanes) is 8. The van der Waals surface area contributed by atoms with Gasteiger partial charge >= 0.3 is 0 Å². The fourth-order valence-electron chi connectivity index (χ4n) is 1.47. The summed E-state index contributed by atoms with van der Waals surface area (Å²) < 4.78 is 0. The van der Waals surface area contributed by atoms with Gasteiger partial charge in [0, 0.05) is 6.42 Å². The molecule has 0 fully saturated rings. The van der Waals surface area contributed by atoms with Crippen molar-refractivity contribution in [3.05, 3.63) is 0 Å². The highest BCUT2D eigenvalue weighted by Crippen LogP contribution is 2.09. The van der Waals surface area contributed by atoms with E-state index in [0.29, 0.717) is 0 Å². The van der Waals surface area contributed by atoms with Gasteiger partial charge in [0.15, 0.2) is 0 Å². The second kappa shape index (κ2) is 12.9. The molecule has 0 unspecified atom stereocenters. The molecule has 1 heteroatoms. The average molecular weight is 212 g/mol. The van der Waals surface area contributed by atoms with Gasteiger partial charge in [-0.1, -0.05) is 69.6 Å². The normalized spacial score (nSPS) is 9.57. The molecule has 14 heavy (non-hydrogen) atoms. The smallest absolute Gasteiger partial charge is 0.00976 e. The van der Waals surface area contributed by atoms with E-state index in [1.165, 1.54) is 51.4 Å². The minimum atomic E-state index is 1.09. The summed E-state index contributed by atoms with van der Waals surface area (Å²) in [6.45, 7) is 2.27. The van der Waals surface area contributed by atoms with Crippen LogP contribution in [0.1, 0.15) is 64.7 Å². The van der Waals surface area contributed by atoms with E-state index in [0.717, 1.165) is 6.42 Å². The average Bonchev–Trinajstić information content (AvgIpc) is 2.21. The van der Waals surface area contributed by atoms with Crippen LogP contribution in [0.2, 0.25) is 0 Å². The van der Waals surface area contributed by atoms with E-state index in [2.05, 4.69) is 18.1 Å². The first-order chi connectivity index (χ1) is 6.91. The van der Waals surface area contributed by atoms with Crippen molar-refractivity contribution < 1.29 is 0 Å². The zero-order chi connectivity index (χ0) is 10.5. The number of thioether (sulfide) groups is 1. The van der Waals surface area contributed by atoms with E-state index in [1.54, 1.807) is 11.8 Å². The predicted molar refractivity (Wildman–Crippen MR) is 68.5 cm³/mol. The van der Waals surface area contributed by atoms with E-state index in [-0.39, 0.29) is 0 Å². The zero-order valence-corrected chi connectivity index (χ0v) is 10.6. The van der Waals surface area contributed by atoms with Crippen LogP contribution in [-0.4, -0.2) is 6.26 Å². The van der Waals surface area contributed by atoms with Crippen molar-refractivity contribution >= 4 is 11.8 Å². The summed E-state index contributed by atoms with van der Waals surface area (Å²) in [5.74, 6) is 3.16. The molecule has 0 aromatic heterocycles. The van der Waals surface area contributed by atoms with Crippen molar-refractivity contribution in [1.29, 1.82) is 0 Å². The van der Waals surface area contributed by atoms with Crippen LogP contribution >= 0.6 is 11.8 Å². The summed E-state index contributed by atoms with van der Waals surface area (Å²) in [5, 5.41) is 3.03. The maximum Gasteiger partial charge on any atom is 0.00976 e. The second-order valence-corrected chi connectivity index (χ2v) is 4.32. The fraction of sp³-hybridized carbons (Fsp3) is 0.846. The van der Waals surface area contributed by atoms with Crippen molar-refractivity contribution in [3.8, 4) is 11.2 Å². The van der Waals surface area contributed by atoms with Gasteiger partial charge in [-0.15, -0.1) is 0 Å². The second-order valence-electron chi connectivity index (χ2n) is 3.71. The van der Waals surface area contributed by atoms with Gasteiger partial charge in [-0.3, -0.25) is 0 Å². The Morgan fingerprint density at radius 2 is 1.43 bits per heavy atom. The summed E-state index contributed by atoms with van der Waals surface area (Å²) in [6.07, 6.45) is 14.3. The highest BCUT2D eigenvalue weighted by molar-refractivity contribution is 8.03. The lowest BCUT2D eigenvalue weighted by atomic mass is 10.1. The molecule has 0 aromatic rings. The van der Waals surface area contributed by atoms with E-state index in [1.807, 2.05) is 6.26 Å². The topological polar surface area (TPSA) is 0 Å². The minimum Gasteiger partial charge on any atom is -0.0913 e. The Kier molecular flexibility index (Phi) is 12.8. The molecule has 0 bridgehead atoms. The Bertz CT molecular complexity index is 152. The molecule has 0 N–H and O–H groups in total. The third-order valence-corrected chi connectivity index (χ3v) is 2.68. The quantitative estimate of drug-likeness (QED) is 0.410. The molecule has 0 atom stereocenters. The standard InChI is InChI=1S/C13H24S/c1-3-4-5-6-7-8-9-10-11-12-13-14-2/h3-11H2,1-2H3. The molecule has 0 saturated carbocycles. The van der Waals surface area contributed by atoms with Crippen molar-refractivity contribution in [2.75, 3.05) is 6.26 Å².